The van der Waals surface area contributed by atoms with E-state index in [-0.39, 0.29) is 31.1 Å². The predicted molar refractivity (Wildman–Crippen MR) is 353 cm³/mol. The molecule has 0 radical (unpaired) electrons. The van der Waals surface area contributed by atoms with Crippen molar-refractivity contribution in [2.24, 2.45) is 0 Å². The third-order valence-corrected chi connectivity index (χ3v) is 15.1. The first-order valence-electron chi connectivity index (χ1n) is 34.7. The van der Waals surface area contributed by atoms with E-state index in [2.05, 4.69) is 118 Å². The Kier molecular flexibility index (Phi) is 65.7. The summed E-state index contributed by atoms with van der Waals surface area (Å²) in [7, 11) is 0. The fraction of sp³-hybridized carbons (Fsp3) is 0.747. The SMILES string of the molecule is CC/C=C\C/C=C\C/C=C\C/C=C\C/C=C\C/C=C\C/C=C\C/C=C\CCCCCCC(=O)OCC(COC(=O)CCCCCCCCCCCC)OC(=O)CCCCCCCCCCCCCCCCCCCCCCCCCC. The van der Waals surface area contributed by atoms with Crippen LogP contribution in [0.1, 0.15) is 342 Å². The van der Waals surface area contributed by atoms with Gasteiger partial charge in [-0.15, -0.1) is 0 Å². The normalized spacial score (nSPS) is 12.7. The number of ether oxygens (including phenoxy) is 3. The highest BCUT2D eigenvalue weighted by molar-refractivity contribution is 5.71. The van der Waals surface area contributed by atoms with Crippen LogP contribution in [-0.4, -0.2) is 37.2 Å². The predicted octanol–water partition coefficient (Wildman–Crippen LogP) is 24.0. The van der Waals surface area contributed by atoms with E-state index in [0.29, 0.717) is 19.3 Å². The highest BCUT2D eigenvalue weighted by atomic mass is 16.6. The molecule has 0 saturated carbocycles. The molecule has 0 saturated heterocycles. The van der Waals surface area contributed by atoms with Crippen LogP contribution in [0.15, 0.2) is 97.2 Å². The molecule has 6 heteroatoms. The third-order valence-electron chi connectivity index (χ3n) is 15.1. The Labute approximate surface area is 502 Å². The second-order valence-corrected chi connectivity index (χ2v) is 23.1. The van der Waals surface area contributed by atoms with Gasteiger partial charge >= 0.3 is 17.9 Å². The zero-order chi connectivity index (χ0) is 58.5. The Bertz CT molecular complexity index is 1580. The zero-order valence-electron chi connectivity index (χ0n) is 53.5. The maximum absolute atomic E-state index is 12.9. The number of carbonyl (C=O) groups is 3. The fourth-order valence-electron chi connectivity index (χ4n) is 9.93. The Morgan fingerprint density at radius 2 is 0.481 bits per heavy atom. The van der Waals surface area contributed by atoms with E-state index < -0.39 is 6.10 Å². The quantitative estimate of drug-likeness (QED) is 0.0261. The van der Waals surface area contributed by atoms with E-state index in [0.717, 1.165) is 122 Å². The maximum Gasteiger partial charge on any atom is 0.306 e. The minimum atomic E-state index is -0.786. The minimum Gasteiger partial charge on any atom is -0.462 e. The summed E-state index contributed by atoms with van der Waals surface area (Å²) in [6.45, 7) is 6.54. The molecule has 0 rings (SSSR count). The molecule has 0 fully saturated rings. The lowest BCUT2D eigenvalue weighted by molar-refractivity contribution is -0.167. The van der Waals surface area contributed by atoms with Crippen molar-refractivity contribution in [3.63, 3.8) is 0 Å². The van der Waals surface area contributed by atoms with Crippen LogP contribution in [-0.2, 0) is 28.6 Å². The number of unbranched alkanes of at least 4 members (excludes halogenated alkanes) is 36. The number of rotatable bonds is 63. The summed E-state index contributed by atoms with van der Waals surface area (Å²) in [6.07, 6.45) is 93.0. The van der Waals surface area contributed by atoms with Crippen LogP contribution in [0.5, 0.6) is 0 Å². The number of hydrogen-bond acceptors (Lipinski definition) is 6. The summed E-state index contributed by atoms with van der Waals surface area (Å²) in [5.74, 6) is -0.893. The van der Waals surface area contributed by atoms with Crippen molar-refractivity contribution in [3.8, 4) is 0 Å². The highest BCUT2D eigenvalue weighted by Gasteiger charge is 2.19. The Morgan fingerprint density at radius 3 is 0.753 bits per heavy atom. The van der Waals surface area contributed by atoms with E-state index in [1.807, 2.05) is 0 Å². The molecule has 0 bridgehead atoms. The van der Waals surface area contributed by atoms with Crippen molar-refractivity contribution in [3.05, 3.63) is 97.2 Å². The summed E-state index contributed by atoms with van der Waals surface area (Å²) >= 11 is 0. The monoisotopic (exact) mass is 1130 g/mol. The molecule has 0 amide bonds. The average molecular weight is 1130 g/mol. The second kappa shape index (κ2) is 68.8. The Morgan fingerprint density at radius 1 is 0.259 bits per heavy atom. The topological polar surface area (TPSA) is 78.9 Å². The standard InChI is InChI=1S/C75H130O6/c1-4-7-10-13-16-19-22-24-26-28-30-32-34-36-37-38-39-40-42-43-45-47-49-51-53-56-59-62-65-68-74(77)80-71-72(70-79-73(76)67-64-61-58-55-21-18-15-12-9-6-3)81-75(78)69-66-63-60-57-54-52-50-48-46-44-41-35-33-31-29-27-25-23-20-17-14-11-8-5-2/h7,10,16,19,24,26,30,32,36-37,39-40,43,45,49,51,72H,4-6,8-9,11-15,17-18,20-23,25,27-29,31,33-35,38,41-42,44,46-48,50,52-71H2,1-3H3/b10-7-,19-16-,26-24-,32-30-,37-36-,40-39-,45-43-,51-49-. The molecule has 0 aliphatic rings. The van der Waals surface area contributed by atoms with Crippen LogP contribution < -0.4 is 0 Å². The molecule has 0 aromatic carbocycles. The van der Waals surface area contributed by atoms with Gasteiger partial charge in [-0.05, 0) is 83.5 Å². The van der Waals surface area contributed by atoms with Gasteiger partial charge in [0.15, 0.2) is 6.10 Å². The Balaban J connectivity index is 4.26. The summed E-state index contributed by atoms with van der Waals surface area (Å²) in [6, 6.07) is 0. The number of carbonyl (C=O) groups excluding carboxylic acids is 3. The van der Waals surface area contributed by atoms with Gasteiger partial charge < -0.3 is 14.2 Å². The summed E-state index contributed by atoms with van der Waals surface area (Å²) in [5, 5.41) is 0. The molecule has 0 aliphatic carbocycles. The fourth-order valence-corrected chi connectivity index (χ4v) is 9.93. The van der Waals surface area contributed by atoms with Gasteiger partial charge in [0.25, 0.3) is 0 Å². The third kappa shape index (κ3) is 67.0. The lowest BCUT2D eigenvalue weighted by Crippen LogP contribution is -2.30. The van der Waals surface area contributed by atoms with E-state index >= 15 is 0 Å². The van der Waals surface area contributed by atoms with Crippen molar-refractivity contribution < 1.29 is 28.6 Å². The van der Waals surface area contributed by atoms with Crippen LogP contribution in [0.4, 0.5) is 0 Å². The van der Waals surface area contributed by atoms with E-state index in [1.54, 1.807) is 0 Å². The highest BCUT2D eigenvalue weighted by Crippen LogP contribution is 2.18. The van der Waals surface area contributed by atoms with Crippen LogP contribution in [0.25, 0.3) is 0 Å². The van der Waals surface area contributed by atoms with Gasteiger partial charge in [-0.2, -0.15) is 0 Å². The molecule has 0 heterocycles. The number of esters is 3. The van der Waals surface area contributed by atoms with Gasteiger partial charge in [-0.25, -0.2) is 0 Å². The zero-order valence-corrected chi connectivity index (χ0v) is 53.5. The van der Waals surface area contributed by atoms with Gasteiger partial charge in [-0.3, -0.25) is 14.4 Å². The summed E-state index contributed by atoms with van der Waals surface area (Å²) < 4.78 is 16.9. The first-order chi connectivity index (χ1) is 40.0. The van der Waals surface area contributed by atoms with E-state index in [1.165, 1.54) is 180 Å². The van der Waals surface area contributed by atoms with Gasteiger partial charge in [0.1, 0.15) is 13.2 Å². The van der Waals surface area contributed by atoms with Crippen LogP contribution in [0, 0.1) is 0 Å². The van der Waals surface area contributed by atoms with Crippen LogP contribution >= 0.6 is 0 Å². The van der Waals surface area contributed by atoms with Gasteiger partial charge in [0.05, 0.1) is 0 Å². The van der Waals surface area contributed by atoms with E-state index in [9.17, 15) is 14.4 Å². The van der Waals surface area contributed by atoms with Crippen molar-refractivity contribution in [2.75, 3.05) is 13.2 Å². The molecule has 0 N–H and O–H groups in total. The van der Waals surface area contributed by atoms with Crippen LogP contribution in [0.3, 0.4) is 0 Å². The van der Waals surface area contributed by atoms with Gasteiger partial charge in [-0.1, -0.05) is 336 Å². The lowest BCUT2D eigenvalue weighted by Gasteiger charge is -2.18. The molecule has 1 atom stereocenters. The van der Waals surface area contributed by atoms with Crippen molar-refractivity contribution in [1.82, 2.24) is 0 Å². The molecule has 81 heavy (non-hydrogen) atoms. The molecule has 466 valence electrons. The second-order valence-electron chi connectivity index (χ2n) is 23.1. The summed E-state index contributed by atoms with van der Waals surface area (Å²) in [4.78, 5) is 38.3. The van der Waals surface area contributed by atoms with Gasteiger partial charge in [0.2, 0.25) is 0 Å². The van der Waals surface area contributed by atoms with Crippen molar-refractivity contribution >= 4 is 17.9 Å². The van der Waals surface area contributed by atoms with Gasteiger partial charge in [0, 0.05) is 19.3 Å². The first kappa shape index (κ1) is 77.3. The molecule has 6 nitrogen and oxygen atoms in total. The molecule has 0 aromatic rings. The number of allylic oxidation sites excluding steroid dienone is 16. The lowest BCUT2D eigenvalue weighted by atomic mass is 10.0. The average Bonchev–Trinajstić information content (AvgIpc) is 3.47. The van der Waals surface area contributed by atoms with Crippen molar-refractivity contribution in [2.45, 2.75) is 348 Å². The smallest absolute Gasteiger partial charge is 0.306 e. The van der Waals surface area contributed by atoms with Crippen LogP contribution in [0.2, 0.25) is 0 Å². The summed E-state index contributed by atoms with van der Waals surface area (Å²) in [5.41, 5.74) is 0. The molecular weight excluding hydrogens is 997 g/mol. The van der Waals surface area contributed by atoms with Crippen molar-refractivity contribution in [1.29, 1.82) is 0 Å². The number of hydrogen-bond donors (Lipinski definition) is 0. The molecule has 0 spiro atoms. The maximum atomic E-state index is 12.9. The Hall–Kier alpha value is -3.67. The largest absolute Gasteiger partial charge is 0.462 e. The molecule has 0 aromatic heterocycles. The first-order valence-corrected chi connectivity index (χ1v) is 34.7. The molecular formula is C75H130O6. The van der Waals surface area contributed by atoms with E-state index in [4.69, 9.17) is 14.2 Å². The molecule has 1 unspecified atom stereocenters. The minimum absolute atomic E-state index is 0.0815. The molecule has 0 aliphatic heterocycles.